The van der Waals surface area contributed by atoms with Crippen LogP contribution in [0.2, 0.25) is 0 Å². The average molecular weight is 573 g/mol. The van der Waals surface area contributed by atoms with Gasteiger partial charge < -0.3 is 23.7 Å². The standard InChI is InChI=1S/C20H16INO9S/c1-28-14-6-10(5-12(21)17(14)30-9-16(23)24)7-15-18(25)22(20(27)32-15)8-11-3-4-13(31-11)19(26)29-2/h3-7H,8-9H2,1-2H3,(H,23,24)/b15-7+. The van der Waals surface area contributed by atoms with Gasteiger partial charge in [0.2, 0.25) is 5.76 Å². The molecule has 1 fully saturated rings. The average Bonchev–Trinajstić information content (AvgIpc) is 3.32. The van der Waals surface area contributed by atoms with Crippen molar-refractivity contribution in [1.29, 1.82) is 0 Å². The summed E-state index contributed by atoms with van der Waals surface area (Å²) < 4.78 is 21.0. The molecule has 0 spiro atoms. The monoisotopic (exact) mass is 573 g/mol. The number of furan rings is 1. The summed E-state index contributed by atoms with van der Waals surface area (Å²) in [6.45, 7) is -0.670. The molecule has 32 heavy (non-hydrogen) atoms. The summed E-state index contributed by atoms with van der Waals surface area (Å²) in [4.78, 5) is 48.6. The Balaban J connectivity index is 1.80. The Morgan fingerprint density at radius 2 is 2.00 bits per heavy atom. The lowest BCUT2D eigenvalue weighted by Gasteiger charge is -2.12. The number of benzene rings is 1. The number of carboxylic acid groups (broad SMARTS) is 1. The van der Waals surface area contributed by atoms with Crippen LogP contribution in [0.25, 0.3) is 6.08 Å². The Bertz CT molecular complexity index is 1120. The molecule has 0 bridgehead atoms. The van der Waals surface area contributed by atoms with Gasteiger partial charge in [0.25, 0.3) is 11.1 Å². The van der Waals surface area contributed by atoms with Crippen molar-refractivity contribution in [2.45, 2.75) is 6.54 Å². The quantitative estimate of drug-likeness (QED) is 0.285. The predicted octanol–water partition coefficient (Wildman–Crippen LogP) is 3.38. The second-order valence-electron chi connectivity index (χ2n) is 6.24. The fourth-order valence-electron chi connectivity index (χ4n) is 2.71. The van der Waals surface area contributed by atoms with Gasteiger partial charge in [-0.15, -0.1) is 0 Å². The van der Waals surface area contributed by atoms with Crippen LogP contribution < -0.4 is 9.47 Å². The summed E-state index contributed by atoms with van der Waals surface area (Å²) >= 11 is 2.73. The van der Waals surface area contributed by atoms with E-state index >= 15 is 0 Å². The number of esters is 1. The first-order valence-electron chi connectivity index (χ1n) is 8.88. The van der Waals surface area contributed by atoms with E-state index in [1.165, 1.54) is 32.4 Å². The summed E-state index contributed by atoms with van der Waals surface area (Å²) in [6, 6.07) is 6.13. The number of amides is 2. The molecule has 1 aliphatic rings. The van der Waals surface area contributed by atoms with Gasteiger partial charge in [0, 0.05) is 0 Å². The van der Waals surface area contributed by atoms with Crippen molar-refractivity contribution in [2.75, 3.05) is 20.8 Å². The molecule has 1 aliphatic heterocycles. The van der Waals surface area contributed by atoms with Gasteiger partial charge in [0.05, 0.1) is 29.2 Å². The van der Waals surface area contributed by atoms with Crippen LogP contribution in [-0.2, 0) is 20.9 Å². The molecular weight excluding hydrogens is 557 g/mol. The maximum Gasteiger partial charge on any atom is 0.373 e. The molecule has 0 aliphatic carbocycles. The largest absolute Gasteiger partial charge is 0.493 e. The van der Waals surface area contributed by atoms with Crippen LogP contribution in [0.15, 0.2) is 33.6 Å². The number of rotatable bonds is 8. The summed E-state index contributed by atoms with van der Waals surface area (Å²) in [6.07, 6.45) is 1.53. The third-order valence-electron chi connectivity index (χ3n) is 4.13. The van der Waals surface area contributed by atoms with Crippen LogP contribution in [0.5, 0.6) is 11.5 Å². The van der Waals surface area contributed by atoms with Crippen molar-refractivity contribution in [3.8, 4) is 11.5 Å². The number of ether oxygens (including phenoxy) is 3. The second kappa shape index (κ2) is 10.1. The first-order chi connectivity index (χ1) is 15.2. The highest BCUT2D eigenvalue weighted by Crippen LogP contribution is 2.37. The second-order valence-corrected chi connectivity index (χ2v) is 8.40. The molecule has 0 unspecified atom stereocenters. The van der Waals surface area contributed by atoms with E-state index in [1.54, 1.807) is 12.1 Å². The summed E-state index contributed by atoms with van der Waals surface area (Å²) in [5.41, 5.74) is 0.561. The number of methoxy groups -OCH3 is 2. The fourth-order valence-corrected chi connectivity index (χ4v) is 4.33. The molecule has 2 heterocycles. The molecule has 12 heteroatoms. The fraction of sp³-hybridized carbons (Fsp3) is 0.200. The SMILES string of the molecule is COC(=O)c1ccc(CN2C(=O)S/C(=C/c3cc(I)c(OCC(=O)O)c(OC)c3)C2=O)o1. The Labute approximate surface area is 199 Å². The minimum absolute atomic E-state index is 0.0307. The highest BCUT2D eigenvalue weighted by Gasteiger charge is 2.36. The molecule has 2 amide bonds. The van der Waals surface area contributed by atoms with Crippen LogP contribution in [0, 0.1) is 3.57 Å². The van der Waals surface area contributed by atoms with E-state index in [4.69, 9.17) is 19.0 Å². The molecular formula is C20H16INO9S. The normalized spacial score (nSPS) is 14.7. The van der Waals surface area contributed by atoms with Crippen molar-refractivity contribution in [3.05, 3.63) is 49.8 Å². The minimum Gasteiger partial charge on any atom is -0.493 e. The first kappa shape index (κ1) is 23.7. The van der Waals surface area contributed by atoms with Crippen LogP contribution in [0.3, 0.4) is 0 Å². The third kappa shape index (κ3) is 5.24. The van der Waals surface area contributed by atoms with Crippen LogP contribution >= 0.6 is 34.4 Å². The van der Waals surface area contributed by atoms with Gasteiger partial charge in [-0.2, -0.15) is 0 Å². The lowest BCUT2D eigenvalue weighted by molar-refractivity contribution is -0.139. The van der Waals surface area contributed by atoms with E-state index in [1.807, 2.05) is 22.6 Å². The van der Waals surface area contributed by atoms with Gasteiger partial charge >= 0.3 is 11.9 Å². The van der Waals surface area contributed by atoms with Crippen molar-refractivity contribution < 1.29 is 42.9 Å². The zero-order valence-corrected chi connectivity index (χ0v) is 19.7. The van der Waals surface area contributed by atoms with E-state index in [9.17, 15) is 19.2 Å². The van der Waals surface area contributed by atoms with Crippen molar-refractivity contribution in [1.82, 2.24) is 4.90 Å². The number of imide groups is 1. The number of hydrogen-bond acceptors (Lipinski definition) is 9. The highest BCUT2D eigenvalue weighted by molar-refractivity contribution is 14.1. The smallest absolute Gasteiger partial charge is 0.373 e. The first-order valence-corrected chi connectivity index (χ1v) is 10.8. The third-order valence-corrected chi connectivity index (χ3v) is 5.83. The van der Waals surface area contributed by atoms with Crippen molar-refractivity contribution >= 4 is 63.5 Å². The van der Waals surface area contributed by atoms with Crippen molar-refractivity contribution in [3.63, 3.8) is 0 Å². The number of aliphatic carboxylic acids is 1. The van der Waals surface area contributed by atoms with Crippen LogP contribution in [0.1, 0.15) is 21.9 Å². The molecule has 1 aromatic carbocycles. The number of carbonyl (C=O) groups excluding carboxylic acids is 3. The minimum atomic E-state index is -1.13. The van der Waals surface area contributed by atoms with Gasteiger partial charge in [0.1, 0.15) is 5.76 Å². The van der Waals surface area contributed by atoms with E-state index in [2.05, 4.69) is 4.74 Å². The summed E-state index contributed by atoms with van der Waals surface area (Å²) in [5, 5.41) is 8.33. The molecule has 168 valence electrons. The zero-order valence-electron chi connectivity index (χ0n) is 16.7. The zero-order chi connectivity index (χ0) is 23.4. The number of halogens is 1. The Hall–Kier alpha value is -3.00. The van der Waals surface area contributed by atoms with Crippen LogP contribution in [0.4, 0.5) is 4.79 Å². The molecule has 1 aromatic heterocycles. The van der Waals surface area contributed by atoms with E-state index in [0.717, 1.165) is 16.7 Å². The summed E-state index contributed by atoms with van der Waals surface area (Å²) in [7, 11) is 2.62. The van der Waals surface area contributed by atoms with Gasteiger partial charge in [-0.05, 0) is 70.3 Å². The topological polar surface area (TPSA) is 133 Å². The molecule has 2 aromatic rings. The molecule has 0 radical (unpaired) electrons. The number of thioether (sulfide) groups is 1. The van der Waals surface area contributed by atoms with Gasteiger partial charge in [-0.1, -0.05) is 0 Å². The molecule has 10 nitrogen and oxygen atoms in total. The van der Waals surface area contributed by atoms with Gasteiger partial charge in [0.15, 0.2) is 18.1 Å². The molecule has 3 rings (SSSR count). The lowest BCUT2D eigenvalue weighted by Crippen LogP contribution is -2.27. The van der Waals surface area contributed by atoms with E-state index in [0.29, 0.717) is 9.13 Å². The maximum absolute atomic E-state index is 12.8. The van der Waals surface area contributed by atoms with E-state index in [-0.39, 0.29) is 34.5 Å². The lowest BCUT2D eigenvalue weighted by atomic mass is 10.2. The molecule has 1 N–H and O–H groups in total. The molecule has 1 saturated heterocycles. The molecule has 0 saturated carbocycles. The Morgan fingerprint density at radius 3 is 2.66 bits per heavy atom. The maximum atomic E-state index is 12.8. The van der Waals surface area contributed by atoms with E-state index < -0.39 is 29.7 Å². The van der Waals surface area contributed by atoms with Crippen molar-refractivity contribution in [2.24, 2.45) is 0 Å². The van der Waals surface area contributed by atoms with Gasteiger partial charge in [-0.25, -0.2) is 9.59 Å². The predicted molar refractivity (Wildman–Crippen MR) is 120 cm³/mol. The molecule has 0 atom stereocenters. The Kier molecular flexibility index (Phi) is 7.45. The number of carbonyl (C=O) groups is 4. The summed E-state index contributed by atoms with van der Waals surface area (Å²) in [5.74, 6) is -1.53. The highest BCUT2D eigenvalue weighted by atomic mass is 127. The number of hydrogen-bond donors (Lipinski definition) is 1. The number of nitrogens with zero attached hydrogens (tertiary/aromatic N) is 1. The van der Waals surface area contributed by atoms with Crippen LogP contribution in [-0.4, -0.2) is 53.9 Å². The number of carboxylic acids is 1. The Morgan fingerprint density at radius 1 is 1.25 bits per heavy atom. The van der Waals surface area contributed by atoms with Gasteiger partial charge in [-0.3, -0.25) is 14.5 Å².